The molecule has 0 fully saturated rings. The Labute approximate surface area is 418 Å². The Kier molecular flexibility index (Phi) is 55.2. The van der Waals surface area contributed by atoms with Gasteiger partial charge in [0.2, 0.25) is 0 Å². The van der Waals surface area contributed by atoms with Crippen LogP contribution < -0.4 is 0 Å². The molecule has 0 bridgehead atoms. The van der Waals surface area contributed by atoms with Gasteiger partial charge in [-0.05, 0) is 44.9 Å². The lowest BCUT2D eigenvalue weighted by atomic mass is 10.0. The number of hydrogen-bond donors (Lipinski definition) is 0. The van der Waals surface area contributed by atoms with Crippen molar-refractivity contribution in [3.05, 3.63) is 12.2 Å². The van der Waals surface area contributed by atoms with Crippen molar-refractivity contribution < 1.29 is 28.6 Å². The third kappa shape index (κ3) is 55.0. The fraction of sp³-hybridized carbons (Fsp3) is 0.918. The van der Waals surface area contributed by atoms with E-state index < -0.39 is 6.10 Å². The Balaban J connectivity index is 4.07. The molecule has 0 aliphatic carbocycles. The second-order valence-corrected chi connectivity index (χ2v) is 20.6. The second-order valence-electron chi connectivity index (χ2n) is 20.6. The summed E-state index contributed by atoms with van der Waals surface area (Å²) in [6, 6.07) is 0. The minimum atomic E-state index is -0.764. The molecule has 0 saturated heterocycles. The SMILES string of the molecule is CCCCCCCCCC/C=C\CCCCCCCCCCCC(=O)OC(COC(=O)CCCCCCCC)COC(=O)CCCCCCCCCCCCCCCCCCCCCCCC. The van der Waals surface area contributed by atoms with E-state index in [1.807, 2.05) is 0 Å². The number of esters is 3. The van der Waals surface area contributed by atoms with Crippen LogP contribution >= 0.6 is 0 Å². The standard InChI is InChI=1S/C61H116O6/c1-4-7-10-13-16-18-20-22-24-26-28-30-32-33-35-37-39-41-43-45-48-51-54-60(63)66-57-58(56-65-59(62)53-50-47-15-12-9-6-3)67-61(64)55-52-49-46-44-42-40-38-36-34-31-29-27-25-23-21-19-17-14-11-8-5-2/h27,29,58H,4-26,28,30-57H2,1-3H3/b29-27-. The molecule has 1 unspecified atom stereocenters. The highest BCUT2D eigenvalue weighted by atomic mass is 16.6. The van der Waals surface area contributed by atoms with Crippen molar-refractivity contribution in [3.63, 3.8) is 0 Å². The summed E-state index contributed by atoms with van der Waals surface area (Å²) >= 11 is 0. The predicted molar refractivity (Wildman–Crippen MR) is 289 cm³/mol. The van der Waals surface area contributed by atoms with Gasteiger partial charge in [0.1, 0.15) is 13.2 Å². The van der Waals surface area contributed by atoms with E-state index in [2.05, 4.69) is 32.9 Å². The maximum Gasteiger partial charge on any atom is 0.306 e. The highest BCUT2D eigenvalue weighted by Gasteiger charge is 2.19. The zero-order valence-corrected chi connectivity index (χ0v) is 45.5. The van der Waals surface area contributed by atoms with Crippen LogP contribution in [0.2, 0.25) is 0 Å². The number of carbonyl (C=O) groups is 3. The Morgan fingerprint density at radius 1 is 0.284 bits per heavy atom. The van der Waals surface area contributed by atoms with Crippen molar-refractivity contribution >= 4 is 17.9 Å². The van der Waals surface area contributed by atoms with E-state index >= 15 is 0 Å². The summed E-state index contributed by atoms with van der Waals surface area (Å²) in [6.07, 6.45) is 65.3. The largest absolute Gasteiger partial charge is 0.462 e. The molecule has 0 saturated carbocycles. The third-order valence-corrected chi connectivity index (χ3v) is 13.8. The lowest BCUT2D eigenvalue weighted by Gasteiger charge is -2.18. The molecular formula is C61H116O6. The van der Waals surface area contributed by atoms with Crippen molar-refractivity contribution in [2.45, 2.75) is 348 Å². The van der Waals surface area contributed by atoms with Gasteiger partial charge in [-0.1, -0.05) is 290 Å². The Morgan fingerprint density at radius 2 is 0.493 bits per heavy atom. The molecule has 0 aromatic carbocycles. The zero-order chi connectivity index (χ0) is 48.6. The lowest BCUT2D eigenvalue weighted by molar-refractivity contribution is -0.167. The predicted octanol–water partition coefficient (Wildman–Crippen LogP) is 20.1. The summed E-state index contributed by atoms with van der Waals surface area (Å²) in [5, 5.41) is 0. The van der Waals surface area contributed by atoms with E-state index in [0.29, 0.717) is 19.3 Å². The van der Waals surface area contributed by atoms with Crippen molar-refractivity contribution in [3.8, 4) is 0 Å². The van der Waals surface area contributed by atoms with E-state index in [1.54, 1.807) is 0 Å². The molecular weight excluding hydrogens is 829 g/mol. The summed E-state index contributed by atoms with van der Waals surface area (Å²) in [7, 11) is 0. The van der Waals surface area contributed by atoms with E-state index in [1.165, 1.54) is 244 Å². The molecule has 0 N–H and O–H groups in total. The second kappa shape index (κ2) is 56.7. The first-order valence-electron chi connectivity index (χ1n) is 30.2. The summed E-state index contributed by atoms with van der Waals surface area (Å²) in [5.41, 5.74) is 0. The van der Waals surface area contributed by atoms with E-state index in [9.17, 15) is 14.4 Å². The maximum atomic E-state index is 12.8. The van der Waals surface area contributed by atoms with Gasteiger partial charge >= 0.3 is 17.9 Å². The van der Waals surface area contributed by atoms with Gasteiger partial charge in [-0.3, -0.25) is 14.4 Å². The molecule has 0 aromatic heterocycles. The van der Waals surface area contributed by atoms with Gasteiger partial charge in [0.25, 0.3) is 0 Å². The molecule has 0 aliphatic heterocycles. The monoisotopic (exact) mass is 945 g/mol. The number of allylic oxidation sites excluding steroid dienone is 2. The highest BCUT2D eigenvalue weighted by Crippen LogP contribution is 2.18. The Bertz CT molecular complexity index is 1040. The molecule has 0 spiro atoms. The molecule has 396 valence electrons. The summed E-state index contributed by atoms with van der Waals surface area (Å²) in [5.74, 6) is -0.855. The highest BCUT2D eigenvalue weighted by molar-refractivity contribution is 5.71. The minimum Gasteiger partial charge on any atom is -0.462 e. The molecule has 6 heteroatoms. The summed E-state index contributed by atoms with van der Waals surface area (Å²) in [6.45, 7) is 6.64. The first-order valence-corrected chi connectivity index (χ1v) is 30.2. The van der Waals surface area contributed by atoms with E-state index in [0.717, 1.165) is 57.8 Å². The normalized spacial score (nSPS) is 12.0. The van der Waals surface area contributed by atoms with Gasteiger partial charge < -0.3 is 14.2 Å². The zero-order valence-electron chi connectivity index (χ0n) is 45.5. The van der Waals surface area contributed by atoms with Gasteiger partial charge in [-0.25, -0.2) is 0 Å². The molecule has 0 aliphatic rings. The fourth-order valence-corrected chi connectivity index (χ4v) is 9.21. The average molecular weight is 946 g/mol. The fourth-order valence-electron chi connectivity index (χ4n) is 9.21. The lowest BCUT2D eigenvalue weighted by Crippen LogP contribution is -2.30. The van der Waals surface area contributed by atoms with Crippen LogP contribution in [-0.4, -0.2) is 37.2 Å². The number of hydrogen-bond acceptors (Lipinski definition) is 6. The molecule has 67 heavy (non-hydrogen) atoms. The topological polar surface area (TPSA) is 78.9 Å². The van der Waals surface area contributed by atoms with E-state index in [4.69, 9.17) is 14.2 Å². The van der Waals surface area contributed by atoms with Gasteiger partial charge in [0.15, 0.2) is 6.10 Å². The summed E-state index contributed by atoms with van der Waals surface area (Å²) in [4.78, 5) is 37.9. The molecule has 0 radical (unpaired) electrons. The molecule has 0 rings (SSSR count). The molecule has 1 atom stereocenters. The molecule has 0 aromatic rings. The van der Waals surface area contributed by atoms with Crippen molar-refractivity contribution in [1.29, 1.82) is 0 Å². The third-order valence-electron chi connectivity index (χ3n) is 13.8. The van der Waals surface area contributed by atoms with Gasteiger partial charge in [-0.15, -0.1) is 0 Å². The average Bonchev–Trinajstić information content (AvgIpc) is 3.33. The maximum absolute atomic E-state index is 12.8. The van der Waals surface area contributed by atoms with Crippen molar-refractivity contribution in [2.75, 3.05) is 13.2 Å². The van der Waals surface area contributed by atoms with Gasteiger partial charge in [0, 0.05) is 19.3 Å². The van der Waals surface area contributed by atoms with Crippen LogP contribution in [0.15, 0.2) is 12.2 Å². The van der Waals surface area contributed by atoms with Crippen LogP contribution in [0.1, 0.15) is 342 Å². The summed E-state index contributed by atoms with van der Waals surface area (Å²) < 4.78 is 16.8. The van der Waals surface area contributed by atoms with Gasteiger partial charge in [-0.2, -0.15) is 0 Å². The van der Waals surface area contributed by atoms with Crippen LogP contribution in [0, 0.1) is 0 Å². The molecule has 6 nitrogen and oxygen atoms in total. The van der Waals surface area contributed by atoms with E-state index in [-0.39, 0.29) is 31.1 Å². The Hall–Kier alpha value is -1.85. The number of carbonyl (C=O) groups excluding carboxylic acids is 3. The molecule has 0 heterocycles. The first-order chi connectivity index (χ1) is 33.0. The van der Waals surface area contributed by atoms with Crippen LogP contribution in [0.5, 0.6) is 0 Å². The minimum absolute atomic E-state index is 0.0657. The number of rotatable bonds is 56. The molecule has 0 amide bonds. The van der Waals surface area contributed by atoms with Crippen molar-refractivity contribution in [1.82, 2.24) is 0 Å². The van der Waals surface area contributed by atoms with Gasteiger partial charge in [0.05, 0.1) is 0 Å². The smallest absolute Gasteiger partial charge is 0.306 e. The van der Waals surface area contributed by atoms with Crippen LogP contribution in [0.4, 0.5) is 0 Å². The van der Waals surface area contributed by atoms with Crippen LogP contribution in [0.3, 0.4) is 0 Å². The van der Waals surface area contributed by atoms with Crippen LogP contribution in [0.25, 0.3) is 0 Å². The van der Waals surface area contributed by atoms with Crippen molar-refractivity contribution in [2.24, 2.45) is 0 Å². The van der Waals surface area contributed by atoms with Crippen LogP contribution in [-0.2, 0) is 28.6 Å². The Morgan fingerprint density at radius 3 is 0.746 bits per heavy atom. The number of unbranched alkanes of at least 4 members (excludes halogenated alkanes) is 43. The first kappa shape index (κ1) is 65.1. The quantitative estimate of drug-likeness (QED) is 0.0262. The number of ether oxygens (including phenoxy) is 3.